The third-order valence-corrected chi connectivity index (χ3v) is 6.10. The number of rotatable bonds is 8. The summed E-state index contributed by atoms with van der Waals surface area (Å²) in [5, 5.41) is 4.17. The summed E-state index contributed by atoms with van der Waals surface area (Å²) in [7, 11) is 0. The van der Waals surface area contributed by atoms with Crippen molar-refractivity contribution in [2.45, 2.75) is 52.0 Å². The molecule has 2 amide bonds. The second-order valence-electron chi connectivity index (χ2n) is 8.20. The molecule has 1 atom stereocenters. The predicted molar refractivity (Wildman–Crippen MR) is 125 cm³/mol. The first-order chi connectivity index (χ1) is 16.5. The zero-order chi connectivity index (χ0) is 24.1. The van der Waals surface area contributed by atoms with Gasteiger partial charge in [0.1, 0.15) is 11.8 Å². The van der Waals surface area contributed by atoms with Crippen molar-refractivity contribution in [2.75, 3.05) is 13.2 Å². The van der Waals surface area contributed by atoms with Crippen LogP contribution < -0.4 is 10.5 Å². The molecule has 9 heteroatoms. The molecule has 1 aliphatic rings. The van der Waals surface area contributed by atoms with E-state index in [0.29, 0.717) is 53.7 Å². The van der Waals surface area contributed by atoms with Crippen LogP contribution >= 0.6 is 0 Å². The Bertz CT molecular complexity index is 1160. The van der Waals surface area contributed by atoms with Crippen molar-refractivity contribution in [2.24, 2.45) is 5.73 Å². The Labute approximate surface area is 198 Å². The zero-order valence-electron chi connectivity index (χ0n) is 19.5. The molecule has 1 fully saturated rings. The molecule has 0 aliphatic carbocycles. The number of amides is 2. The Morgan fingerprint density at radius 3 is 2.68 bits per heavy atom. The third kappa shape index (κ3) is 4.78. The number of likely N-dealkylation sites (tertiary alicyclic amines) is 1. The first kappa shape index (κ1) is 23.4. The number of aromatic nitrogens is 3. The molecular formula is C25H29N5O4. The predicted octanol–water partition coefficient (Wildman–Crippen LogP) is 3.49. The highest BCUT2D eigenvalue weighted by Crippen LogP contribution is 2.33. The molecule has 2 aromatic heterocycles. The van der Waals surface area contributed by atoms with E-state index >= 15 is 0 Å². The number of benzene rings is 1. The summed E-state index contributed by atoms with van der Waals surface area (Å²) in [6, 6.07) is 8.91. The summed E-state index contributed by atoms with van der Waals surface area (Å²) in [4.78, 5) is 35.9. The maximum atomic E-state index is 13.0. The minimum Gasteiger partial charge on any atom is -0.484 e. The molecule has 178 valence electrons. The number of aryl methyl sites for hydroxylation is 1. The number of pyridine rings is 1. The number of nitrogens with zero attached hydrogens (tertiary/aromatic N) is 4. The maximum Gasteiger partial charge on any atom is 0.261 e. The highest BCUT2D eigenvalue weighted by molar-refractivity contribution is 5.97. The summed E-state index contributed by atoms with van der Waals surface area (Å²) in [5.74, 6) is 0.694. The number of nitrogens with two attached hydrogens (primary N) is 1. The average molecular weight is 464 g/mol. The monoisotopic (exact) mass is 463 g/mol. The molecule has 1 unspecified atom stereocenters. The Morgan fingerprint density at radius 2 is 1.97 bits per heavy atom. The minimum absolute atomic E-state index is 0.0636. The van der Waals surface area contributed by atoms with Gasteiger partial charge in [-0.3, -0.25) is 14.6 Å². The fourth-order valence-corrected chi connectivity index (χ4v) is 4.42. The van der Waals surface area contributed by atoms with Gasteiger partial charge in [0.2, 0.25) is 11.7 Å². The van der Waals surface area contributed by atoms with E-state index < -0.39 is 5.91 Å². The summed E-state index contributed by atoms with van der Waals surface area (Å²) < 4.78 is 11.3. The molecule has 4 rings (SSSR count). The van der Waals surface area contributed by atoms with Crippen molar-refractivity contribution in [3.8, 4) is 17.1 Å². The fraction of sp³-hybridized carbons (Fsp3) is 0.400. The molecule has 1 saturated heterocycles. The number of carbonyl (C=O) groups is 2. The SMILES string of the molecule is CCc1ncc(-c2noc(C3CCCCN3C(=O)COc3ccccc3)n2)c(CC)c1C(N)=O. The zero-order valence-corrected chi connectivity index (χ0v) is 19.5. The molecule has 0 radical (unpaired) electrons. The Morgan fingerprint density at radius 1 is 1.18 bits per heavy atom. The second-order valence-corrected chi connectivity index (χ2v) is 8.20. The van der Waals surface area contributed by atoms with Crippen molar-refractivity contribution in [1.29, 1.82) is 0 Å². The Kier molecular flexibility index (Phi) is 7.20. The van der Waals surface area contributed by atoms with Crippen LogP contribution in [0.3, 0.4) is 0 Å². The Hall–Kier alpha value is -3.75. The smallest absolute Gasteiger partial charge is 0.261 e. The highest BCUT2D eigenvalue weighted by atomic mass is 16.5. The highest BCUT2D eigenvalue weighted by Gasteiger charge is 2.33. The number of hydrogen-bond donors (Lipinski definition) is 1. The molecule has 0 bridgehead atoms. The van der Waals surface area contributed by atoms with Gasteiger partial charge in [-0.2, -0.15) is 4.98 Å². The number of primary amides is 1. The molecule has 1 aliphatic heterocycles. The van der Waals surface area contributed by atoms with Gasteiger partial charge in [0, 0.05) is 18.3 Å². The largest absolute Gasteiger partial charge is 0.484 e. The molecular weight excluding hydrogens is 434 g/mol. The van der Waals surface area contributed by atoms with E-state index in [1.54, 1.807) is 11.1 Å². The van der Waals surface area contributed by atoms with Crippen molar-refractivity contribution < 1.29 is 18.8 Å². The van der Waals surface area contributed by atoms with Gasteiger partial charge in [-0.1, -0.05) is 37.2 Å². The van der Waals surface area contributed by atoms with Crippen LogP contribution in [0.4, 0.5) is 0 Å². The van der Waals surface area contributed by atoms with Crippen LogP contribution in [0, 0.1) is 0 Å². The summed E-state index contributed by atoms with van der Waals surface area (Å²) in [6.07, 6.45) is 5.39. The third-order valence-electron chi connectivity index (χ3n) is 6.10. The van der Waals surface area contributed by atoms with Gasteiger partial charge in [-0.15, -0.1) is 0 Å². The van der Waals surface area contributed by atoms with E-state index in [4.69, 9.17) is 15.0 Å². The first-order valence-corrected chi connectivity index (χ1v) is 11.6. The number of hydrogen-bond acceptors (Lipinski definition) is 7. The molecule has 2 N–H and O–H groups in total. The van der Waals surface area contributed by atoms with Crippen LogP contribution in [0.2, 0.25) is 0 Å². The molecule has 3 heterocycles. The number of carbonyl (C=O) groups excluding carboxylic acids is 2. The maximum absolute atomic E-state index is 13.0. The first-order valence-electron chi connectivity index (χ1n) is 11.6. The van der Waals surface area contributed by atoms with Crippen LogP contribution in [0.25, 0.3) is 11.4 Å². The standard InChI is InChI=1S/C25H29N5O4/c1-3-17-18(14-27-19(4-2)22(17)23(26)32)24-28-25(34-29-24)20-12-8-9-13-30(20)21(31)15-33-16-10-6-5-7-11-16/h5-7,10-11,14,20H,3-4,8-9,12-13,15H2,1-2H3,(H2,26,32). The van der Waals surface area contributed by atoms with Gasteiger partial charge >= 0.3 is 0 Å². The van der Waals surface area contributed by atoms with E-state index in [1.807, 2.05) is 44.2 Å². The topological polar surface area (TPSA) is 124 Å². The second kappa shape index (κ2) is 10.5. The molecule has 3 aromatic rings. The average Bonchev–Trinajstić information content (AvgIpc) is 3.36. The summed E-state index contributed by atoms with van der Waals surface area (Å²) in [5.41, 5.74) is 8.09. The fourth-order valence-electron chi connectivity index (χ4n) is 4.42. The van der Waals surface area contributed by atoms with E-state index in [9.17, 15) is 9.59 Å². The van der Waals surface area contributed by atoms with Crippen LogP contribution in [0.15, 0.2) is 41.1 Å². The minimum atomic E-state index is -0.519. The number of ether oxygens (including phenoxy) is 1. The van der Waals surface area contributed by atoms with Crippen molar-refractivity contribution >= 4 is 11.8 Å². The molecule has 1 aromatic carbocycles. The summed E-state index contributed by atoms with van der Waals surface area (Å²) >= 11 is 0. The quantitative estimate of drug-likeness (QED) is 0.542. The van der Waals surface area contributed by atoms with Crippen LogP contribution in [-0.4, -0.2) is 45.0 Å². The molecule has 0 spiro atoms. The van der Waals surface area contributed by atoms with Crippen molar-refractivity contribution in [3.63, 3.8) is 0 Å². The van der Waals surface area contributed by atoms with Gasteiger partial charge in [-0.25, -0.2) is 0 Å². The molecule has 0 saturated carbocycles. The van der Waals surface area contributed by atoms with Crippen LogP contribution in [-0.2, 0) is 17.6 Å². The van der Waals surface area contributed by atoms with Crippen LogP contribution in [0.5, 0.6) is 5.75 Å². The van der Waals surface area contributed by atoms with Gasteiger partial charge in [-0.05, 0) is 49.8 Å². The normalized spacial score (nSPS) is 15.8. The summed E-state index contributed by atoms with van der Waals surface area (Å²) in [6.45, 7) is 4.40. The van der Waals surface area contributed by atoms with Gasteiger partial charge in [0.15, 0.2) is 6.61 Å². The lowest BCUT2D eigenvalue weighted by Crippen LogP contribution is -2.41. The molecule has 9 nitrogen and oxygen atoms in total. The number of piperidine rings is 1. The number of para-hydroxylation sites is 1. The van der Waals surface area contributed by atoms with E-state index in [-0.39, 0.29) is 18.6 Å². The van der Waals surface area contributed by atoms with Crippen molar-refractivity contribution in [3.05, 3.63) is 59.2 Å². The van der Waals surface area contributed by atoms with E-state index in [1.165, 1.54) is 0 Å². The lowest BCUT2D eigenvalue weighted by Gasteiger charge is -2.33. The van der Waals surface area contributed by atoms with Gasteiger partial charge < -0.3 is 19.9 Å². The van der Waals surface area contributed by atoms with E-state index in [0.717, 1.165) is 24.8 Å². The molecule has 34 heavy (non-hydrogen) atoms. The van der Waals surface area contributed by atoms with Gasteiger partial charge in [0.05, 0.1) is 11.3 Å². The van der Waals surface area contributed by atoms with Gasteiger partial charge in [0.25, 0.3) is 11.8 Å². The van der Waals surface area contributed by atoms with E-state index in [2.05, 4.69) is 15.1 Å². The lowest BCUT2D eigenvalue weighted by atomic mass is 9.97. The van der Waals surface area contributed by atoms with Crippen molar-refractivity contribution in [1.82, 2.24) is 20.0 Å². The lowest BCUT2D eigenvalue weighted by molar-refractivity contribution is -0.138. The van der Waals surface area contributed by atoms with Crippen LogP contribution in [0.1, 0.15) is 66.7 Å². The Balaban J connectivity index is 1.58.